The number of ether oxygens (including phenoxy) is 1. The van der Waals surface area contributed by atoms with Gasteiger partial charge in [-0.25, -0.2) is 13.0 Å². The van der Waals surface area contributed by atoms with Crippen LogP contribution in [0.1, 0.15) is 0 Å². The van der Waals surface area contributed by atoms with Crippen LogP contribution in [0.15, 0.2) is 48.5 Å². The van der Waals surface area contributed by atoms with Crippen molar-refractivity contribution >= 4 is 29.2 Å². The van der Waals surface area contributed by atoms with Gasteiger partial charge >= 0.3 is 7.82 Å². The maximum Gasteiger partial charge on any atom is 0.466 e. The first-order chi connectivity index (χ1) is 11.8. The summed E-state index contributed by atoms with van der Waals surface area (Å²) in [6.07, 6.45) is 0.987. The maximum absolute atomic E-state index is 11.3. The Balaban J connectivity index is 0.000000597. The van der Waals surface area contributed by atoms with E-state index in [2.05, 4.69) is 4.72 Å². The van der Waals surface area contributed by atoms with E-state index in [4.69, 9.17) is 24.0 Å². The Bertz CT molecular complexity index is 904. The van der Waals surface area contributed by atoms with Crippen LogP contribution in [0.5, 0.6) is 11.5 Å². The monoisotopic (exact) mass is 406 g/mol. The highest BCUT2D eigenvalue weighted by Gasteiger charge is 2.15. The van der Waals surface area contributed by atoms with Crippen molar-refractivity contribution < 1.29 is 37.3 Å². The molecule has 2 rings (SSSR count). The lowest BCUT2D eigenvalue weighted by molar-refractivity contribution is -0.384. The van der Waals surface area contributed by atoms with Crippen molar-refractivity contribution in [2.75, 3.05) is 11.0 Å². The number of anilines is 1. The molecule has 0 spiro atoms. The fraction of sp³-hybridized carbons (Fsp3) is 0.0769. The average molecular weight is 406 g/mol. The molecule has 11 nitrogen and oxygen atoms in total. The first-order valence-corrected chi connectivity index (χ1v) is 10.1. The standard InChI is InChI=1S/C13H12N2O5S.H3O4P/c1-21(18,19)14-12-8-7-10(15(16)17)9-13(12)20-11-5-3-2-4-6-11;1-5(2,3)4/h2-9,14H,1H3;(H3,1,2,3,4). The molecule has 0 aromatic heterocycles. The van der Waals surface area contributed by atoms with Crippen molar-refractivity contribution in [1.29, 1.82) is 0 Å². The Morgan fingerprint density at radius 1 is 1.12 bits per heavy atom. The largest absolute Gasteiger partial charge is 0.466 e. The number of para-hydroxylation sites is 1. The highest BCUT2D eigenvalue weighted by atomic mass is 32.2. The summed E-state index contributed by atoms with van der Waals surface area (Å²) in [5.41, 5.74) is -0.0630. The van der Waals surface area contributed by atoms with Crippen LogP contribution in [-0.4, -0.2) is 34.3 Å². The SMILES string of the molecule is CS(=O)(=O)Nc1ccc([N+](=O)[O-])cc1Oc1ccccc1.O=P(O)(O)O. The van der Waals surface area contributed by atoms with E-state index in [0.717, 1.165) is 6.26 Å². The van der Waals surface area contributed by atoms with Gasteiger partial charge in [-0.05, 0) is 18.2 Å². The van der Waals surface area contributed by atoms with E-state index in [9.17, 15) is 18.5 Å². The molecular weight excluding hydrogens is 391 g/mol. The van der Waals surface area contributed by atoms with Crippen LogP contribution >= 0.6 is 7.82 Å². The Labute approximate surface area is 148 Å². The Hall–Kier alpha value is -2.50. The molecule has 13 heteroatoms. The zero-order valence-corrected chi connectivity index (χ0v) is 14.9. The number of nitro benzene ring substituents is 1. The summed E-state index contributed by atoms with van der Waals surface area (Å²) in [5, 5.41) is 10.8. The lowest BCUT2D eigenvalue weighted by atomic mass is 10.2. The van der Waals surface area contributed by atoms with E-state index in [0.29, 0.717) is 5.75 Å². The third-order valence-electron chi connectivity index (χ3n) is 2.44. The third kappa shape index (κ3) is 9.11. The maximum atomic E-state index is 11.3. The smallest absolute Gasteiger partial charge is 0.455 e. The van der Waals surface area contributed by atoms with Gasteiger partial charge < -0.3 is 19.4 Å². The van der Waals surface area contributed by atoms with E-state index in [1.54, 1.807) is 30.3 Å². The van der Waals surface area contributed by atoms with Gasteiger partial charge in [-0.1, -0.05) is 18.2 Å². The molecular formula is C13H15N2O9PS. The average Bonchev–Trinajstić information content (AvgIpc) is 2.47. The second-order valence-corrected chi connectivity index (χ2v) is 7.52. The molecule has 2 aromatic carbocycles. The predicted octanol–water partition coefficient (Wildman–Crippen LogP) is 1.83. The molecule has 26 heavy (non-hydrogen) atoms. The molecule has 0 saturated heterocycles. The molecule has 0 bridgehead atoms. The first-order valence-electron chi connectivity index (χ1n) is 6.62. The van der Waals surface area contributed by atoms with Crippen LogP contribution in [0.2, 0.25) is 0 Å². The van der Waals surface area contributed by atoms with Crippen molar-refractivity contribution in [3.8, 4) is 11.5 Å². The van der Waals surface area contributed by atoms with E-state index < -0.39 is 22.8 Å². The van der Waals surface area contributed by atoms with Gasteiger partial charge in [0, 0.05) is 6.07 Å². The summed E-state index contributed by atoms with van der Waals surface area (Å²) < 4.78 is 39.3. The molecule has 0 amide bonds. The van der Waals surface area contributed by atoms with Crippen LogP contribution in [-0.2, 0) is 14.6 Å². The summed E-state index contributed by atoms with van der Waals surface area (Å²) in [7, 11) is -8.16. The van der Waals surface area contributed by atoms with Gasteiger partial charge in [0.25, 0.3) is 5.69 Å². The van der Waals surface area contributed by atoms with Crippen molar-refractivity contribution in [2.45, 2.75) is 0 Å². The number of sulfonamides is 1. The first kappa shape index (κ1) is 21.5. The van der Waals surface area contributed by atoms with Crippen LogP contribution in [0, 0.1) is 10.1 Å². The number of phosphoric acid groups is 1. The topological polar surface area (TPSA) is 176 Å². The van der Waals surface area contributed by atoms with Gasteiger partial charge in [-0.2, -0.15) is 0 Å². The minimum absolute atomic E-state index is 0.0563. The Morgan fingerprint density at radius 3 is 2.12 bits per heavy atom. The molecule has 0 fully saturated rings. The molecule has 0 aliphatic heterocycles. The summed E-state index contributed by atoms with van der Waals surface area (Å²) >= 11 is 0. The number of benzene rings is 2. The summed E-state index contributed by atoms with van der Waals surface area (Å²) in [6, 6.07) is 12.2. The van der Waals surface area contributed by atoms with Gasteiger partial charge in [0.15, 0.2) is 5.75 Å². The molecule has 2 aromatic rings. The number of nitrogens with zero attached hydrogens (tertiary/aromatic N) is 1. The molecule has 4 N–H and O–H groups in total. The van der Waals surface area contributed by atoms with Gasteiger partial charge in [0.1, 0.15) is 5.75 Å². The second kappa shape index (κ2) is 8.74. The lowest BCUT2D eigenvalue weighted by Crippen LogP contribution is -2.10. The minimum atomic E-state index is -4.64. The van der Waals surface area contributed by atoms with Gasteiger partial charge in [-0.15, -0.1) is 0 Å². The quantitative estimate of drug-likeness (QED) is 0.328. The molecule has 0 aliphatic carbocycles. The van der Waals surface area contributed by atoms with Crippen LogP contribution in [0.25, 0.3) is 0 Å². The fourth-order valence-corrected chi connectivity index (χ4v) is 2.18. The Kier molecular flexibility index (Phi) is 7.24. The summed E-state index contributed by atoms with van der Waals surface area (Å²) in [4.78, 5) is 31.8. The normalized spacial score (nSPS) is 11.1. The van der Waals surface area contributed by atoms with E-state index in [1.807, 2.05) is 0 Å². The molecule has 0 heterocycles. The molecule has 142 valence electrons. The molecule has 0 unspecified atom stereocenters. The molecule has 0 atom stereocenters. The number of hydrogen-bond acceptors (Lipinski definition) is 6. The number of rotatable bonds is 5. The predicted molar refractivity (Wildman–Crippen MR) is 92.3 cm³/mol. The van der Waals surface area contributed by atoms with Gasteiger partial charge in [0.2, 0.25) is 10.0 Å². The van der Waals surface area contributed by atoms with E-state index in [1.165, 1.54) is 18.2 Å². The summed E-state index contributed by atoms with van der Waals surface area (Å²) in [5.74, 6) is 0.496. The number of nitro groups is 1. The minimum Gasteiger partial charge on any atom is -0.455 e. The highest BCUT2D eigenvalue weighted by molar-refractivity contribution is 7.92. The number of nitrogens with one attached hydrogen (secondary N) is 1. The summed E-state index contributed by atoms with van der Waals surface area (Å²) in [6.45, 7) is 0. The van der Waals surface area contributed by atoms with Crippen molar-refractivity contribution in [1.82, 2.24) is 0 Å². The second-order valence-electron chi connectivity index (χ2n) is 4.74. The van der Waals surface area contributed by atoms with Gasteiger partial charge in [-0.3, -0.25) is 14.8 Å². The lowest BCUT2D eigenvalue weighted by Gasteiger charge is -2.11. The Morgan fingerprint density at radius 2 is 1.65 bits per heavy atom. The van der Waals surface area contributed by atoms with Crippen molar-refractivity contribution in [3.63, 3.8) is 0 Å². The number of hydrogen-bond donors (Lipinski definition) is 4. The molecule has 0 saturated carbocycles. The third-order valence-corrected chi connectivity index (χ3v) is 3.03. The van der Waals surface area contributed by atoms with Crippen molar-refractivity contribution in [3.05, 3.63) is 58.6 Å². The van der Waals surface area contributed by atoms with Crippen LogP contribution in [0.3, 0.4) is 0 Å². The fourth-order valence-electron chi connectivity index (χ4n) is 1.61. The van der Waals surface area contributed by atoms with Gasteiger partial charge in [0.05, 0.1) is 22.9 Å². The zero-order chi connectivity index (χ0) is 20.0. The number of non-ortho nitro benzene ring substituents is 1. The van der Waals surface area contributed by atoms with E-state index >= 15 is 0 Å². The van der Waals surface area contributed by atoms with Crippen LogP contribution in [0.4, 0.5) is 11.4 Å². The molecule has 0 radical (unpaired) electrons. The zero-order valence-electron chi connectivity index (χ0n) is 13.2. The van der Waals surface area contributed by atoms with Crippen molar-refractivity contribution in [2.24, 2.45) is 0 Å². The van der Waals surface area contributed by atoms with Crippen LogP contribution < -0.4 is 9.46 Å². The van der Waals surface area contributed by atoms with E-state index in [-0.39, 0.29) is 17.1 Å². The highest BCUT2D eigenvalue weighted by Crippen LogP contribution is 2.33. The molecule has 0 aliphatic rings.